The van der Waals surface area contributed by atoms with Crippen molar-refractivity contribution in [3.63, 3.8) is 0 Å². The molecule has 1 amide bonds. The molecule has 0 spiro atoms. The third-order valence-electron chi connectivity index (χ3n) is 3.27. The number of aryl methyl sites for hydroxylation is 1. The Hall–Kier alpha value is -1.81. The molecule has 20 heavy (non-hydrogen) atoms. The number of hydrogen-bond donors (Lipinski definition) is 1. The quantitative estimate of drug-likeness (QED) is 0.907. The minimum absolute atomic E-state index is 0.163. The van der Waals surface area contributed by atoms with Gasteiger partial charge >= 0.3 is 0 Å². The lowest BCUT2D eigenvalue weighted by molar-refractivity contribution is 0.102. The van der Waals surface area contributed by atoms with E-state index >= 15 is 0 Å². The summed E-state index contributed by atoms with van der Waals surface area (Å²) >= 11 is 3.39. The van der Waals surface area contributed by atoms with Crippen LogP contribution < -0.4 is 10.1 Å². The molecule has 1 N–H and O–H groups in total. The van der Waals surface area contributed by atoms with Crippen molar-refractivity contribution in [2.24, 2.45) is 0 Å². The average molecular weight is 334 g/mol. The Kier molecular flexibility index (Phi) is 4.45. The van der Waals surface area contributed by atoms with Gasteiger partial charge in [-0.1, -0.05) is 12.1 Å². The highest BCUT2D eigenvalue weighted by Gasteiger charge is 2.13. The van der Waals surface area contributed by atoms with Gasteiger partial charge in [0.1, 0.15) is 5.75 Å². The molecule has 0 heterocycles. The van der Waals surface area contributed by atoms with E-state index in [2.05, 4.69) is 21.2 Å². The maximum absolute atomic E-state index is 12.4. The van der Waals surface area contributed by atoms with Gasteiger partial charge in [-0.3, -0.25) is 4.79 Å². The van der Waals surface area contributed by atoms with E-state index in [0.29, 0.717) is 11.3 Å². The maximum Gasteiger partial charge on any atom is 0.256 e. The number of rotatable bonds is 3. The highest BCUT2D eigenvalue weighted by Crippen LogP contribution is 2.25. The van der Waals surface area contributed by atoms with Gasteiger partial charge in [-0.2, -0.15) is 0 Å². The van der Waals surface area contributed by atoms with E-state index in [-0.39, 0.29) is 5.91 Å². The molecule has 0 aliphatic rings. The second-order valence-corrected chi connectivity index (χ2v) is 5.40. The summed E-state index contributed by atoms with van der Waals surface area (Å²) in [6.45, 7) is 4.01. The number of nitrogens with one attached hydrogen (secondary N) is 1. The summed E-state index contributed by atoms with van der Waals surface area (Å²) in [6.07, 6.45) is 0. The summed E-state index contributed by atoms with van der Waals surface area (Å²) in [4.78, 5) is 12.4. The molecule has 0 radical (unpaired) electrons. The lowest BCUT2D eigenvalue weighted by Gasteiger charge is -2.12. The fourth-order valence-electron chi connectivity index (χ4n) is 1.88. The summed E-state index contributed by atoms with van der Waals surface area (Å²) in [7, 11) is 1.58. The predicted molar refractivity (Wildman–Crippen MR) is 84.6 cm³/mol. The Bertz CT molecular complexity index is 653. The van der Waals surface area contributed by atoms with Crippen LogP contribution in [-0.4, -0.2) is 13.0 Å². The summed E-state index contributed by atoms with van der Waals surface area (Å²) in [5, 5.41) is 2.93. The van der Waals surface area contributed by atoms with Crippen molar-refractivity contribution in [3.05, 3.63) is 57.6 Å². The van der Waals surface area contributed by atoms with E-state index in [9.17, 15) is 4.79 Å². The van der Waals surface area contributed by atoms with Crippen molar-refractivity contribution in [3.8, 4) is 5.75 Å². The van der Waals surface area contributed by atoms with Crippen LogP contribution in [0.1, 0.15) is 21.5 Å². The molecule has 0 aliphatic carbocycles. The van der Waals surface area contributed by atoms with Crippen LogP contribution in [-0.2, 0) is 0 Å². The van der Waals surface area contributed by atoms with Gasteiger partial charge in [0, 0.05) is 10.2 Å². The number of carbonyl (C=O) groups is 1. The van der Waals surface area contributed by atoms with Crippen LogP contribution in [0.25, 0.3) is 0 Å². The van der Waals surface area contributed by atoms with Crippen LogP contribution >= 0.6 is 15.9 Å². The Labute approximate surface area is 127 Å². The predicted octanol–water partition coefficient (Wildman–Crippen LogP) is 4.33. The first kappa shape index (κ1) is 14.6. The van der Waals surface area contributed by atoms with E-state index in [1.807, 2.05) is 32.0 Å². The van der Waals surface area contributed by atoms with Gasteiger partial charge in [0.25, 0.3) is 5.91 Å². The Morgan fingerprint density at radius 1 is 1.20 bits per heavy atom. The van der Waals surface area contributed by atoms with Crippen molar-refractivity contribution < 1.29 is 9.53 Å². The maximum atomic E-state index is 12.4. The third-order valence-corrected chi connectivity index (χ3v) is 3.96. The van der Waals surface area contributed by atoms with Gasteiger partial charge in [0.15, 0.2) is 0 Å². The van der Waals surface area contributed by atoms with E-state index in [1.54, 1.807) is 25.3 Å². The van der Waals surface area contributed by atoms with Gasteiger partial charge in [-0.15, -0.1) is 0 Å². The lowest BCUT2D eigenvalue weighted by atomic mass is 10.1. The first-order valence-corrected chi connectivity index (χ1v) is 7.03. The van der Waals surface area contributed by atoms with Crippen LogP contribution in [0.4, 0.5) is 5.69 Å². The molecule has 0 saturated carbocycles. The van der Waals surface area contributed by atoms with Crippen LogP contribution in [0.3, 0.4) is 0 Å². The smallest absolute Gasteiger partial charge is 0.256 e. The van der Waals surface area contributed by atoms with Gasteiger partial charge in [-0.25, -0.2) is 0 Å². The summed E-state index contributed by atoms with van der Waals surface area (Å²) < 4.78 is 5.89. The van der Waals surface area contributed by atoms with Crippen molar-refractivity contribution >= 4 is 27.5 Å². The topological polar surface area (TPSA) is 38.3 Å². The molecule has 0 bridgehead atoms. The second kappa shape index (κ2) is 6.09. The fraction of sp³-hybridized carbons (Fsp3) is 0.188. The zero-order valence-corrected chi connectivity index (χ0v) is 13.2. The molecule has 104 valence electrons. The van der Waals surface area contributed by atoms with Crippen molar-refractivity contribution in [1.29, 1.82) is 0 Å². The number of methoxy groups -OCH3 is 1. The van der Waals surface area contributed by atoms with E-state index in [1.165, 1.54) is 0 Å². The second-order valence-electron chi connectivity index (χ2n) is 4.55. The highest BCUT2D eigenvalue weighted by atomic mass is 79.9. The van der Waals surface area contributed by atoms with Gasteiger partial charge in [0.05, 0.1) is 12.7 Å². The molecule has 0 fully saturated rings. The molecule has 0 aliphatic heterocycles. The zero-order valence-electron chi connectivity index (χ0n) is 11.7. The molecular formula is C16H16BrNO2. The van der Waals surface area contributed by atoms with Gasteiger partial charge in [-0.05, 0) is 65.2 Å². The lowest BCUT2D eigenvalue weighted by Crippen LogP contribution is -2.13. The molecule has 0 atom stereocenters. The first-order chi connectivity index (χ1) is 9.52. The molecule has 0 unspecified atom stereocenters. The molecule has 4 heteroatoms. The number of halogens is 1. The molecule has 0 aromatic heterocycles. The fourth-order valence-corrected chi connectivity index (χ4v) is 2.31. The average Bonchev–Trinajstić information content (AvgIpc) is 2.44. The molecule has 2 rings (SSSR count). The third kappa shape index (κ3) is 3.02. The Morgan fingerprint density at radius 2 is 1.95 bits per heavy atom. The minimum Gasteiger partial charge on any atom is -0.497 e. The van der Waals surface area contributed by atoms with E-state index in [4.69, 9.17) is 4.74 Å². The van der Waals surface area contributed by atoms with E-state index in [0.717, 1.165) is 21.3 Å². The van der Waals surface area contributed by atoms with Crippen LogP contribution in [0.5, 0.6) is 5.75 Å². The zero-order chi connectivity index (χ0) is 14.7. The minimum atomic E-state index is -0.163. The van der Waals surface area contributed by atoms with Crippen LogP contribution in [0.2, 0.25) is 0 Å². The largest absolute Gasteiger partial charge is 0.497 e. The van der Waals surface area contributed by atoms with Crippen molar-refractivity contribution in [2.75, 3.05) is 12.4 Å². The SMILES string of the molecule is COc1ccc(Br)c(C(=O)Nc2cccc(C)c2C)c1. The standard InChI is InChI=1S/C16H16BrNO2/c1-10-5-4-6-15(11(10)2)18-16(19)13-9-12(20-3)7-8-14(13)17/h4-9H,1-3H3,(H,18,19). The first-order valence-electron chi connectivity index (χ1n) is 6.24. The molecule has 2 aromatic rings. The number of carbonyl (C=O) groups excluding carboxylic acids is 1. The Balaban J connectivity index is 2.30. The number of benzene rings is 2. The Morgan fingerprint density at radius 3 is 2.65 bits per heavy atom. The molecule has 0 saturated heterocycles. The molecule has 3 nitrogen and oxygen atoms in total. The number of hydrogen-bond acceptors (Lipinski definition) is 2. The van der Waals surface area contributed by atoms with Crippen molar-refractivity contribution in [1.82, 2.24) is 0 Å². The summed E-state index contributed by atoms with van der Waals surface area (Å²) in [5.41, 5.74) is 3.59. The van der Waals surface area contributed by atoms with Crippen molar-refractivity contribution in [2.45, 2.75) is 13.8 Å². The van der Waals surface area contributed by atoms with Crippen LogP contribution in [0, 0.1) is 13.8 Å². The van der Waals surface area contributed by atoms with Gasteiger partial charge < -0.3 is 10.1 Å². The van der Waals surface area contributed by atoms with Gasteiger partial charge in [0.2, 0.25) is 0 Å². The number of amides is 1. The normalized spacial score (nSPS) is 10.2. The molecular weight excluding hydrogens is 318 g/mol. The van der Waals surface area contributed by atoms with Crippen LogP contribution in [0.15, 0.2) is 40.9 Å². The number of anilines is 1. The highest BCUT2D eigenvalue weighted by molar-refractivity contribution is 9.10. The summed E-state index contributed by atoms with van der Waals surface area (Å²) in [6, 6.07) is 11.2. The monoisotopic (exact) mass is 333 g/mol. The summed E-state index contributed by atoms with van der Waals surface area (Å²) in [5.74, 6) is 0.490. The molecule has 2 aromatic carbocycles. The van der Waals surface area contributed by atoms with E-state index < -0.39 is 0 Å². The number of ether oxygens (including phenoxy) is 1.